The Balaban J connectivity index is 1.55. The van der Waals surface area contributed by atoms with Gasteiger partial charge in [0.1, 0.15) is 5.70 Å². The summed E-state index contributed by atoms with van der Waals surface area (Å²) in [5, 5.41) is 11.0. The lowest BCUT2D eigenvalue weighted by Gasteiger charge is -2.13. The molecule has 1 heterocycles. The highest BCUT2D eigenvalue weighted by Crippen LogP contribution is 2.24. The summed E-state index contributed by atoms with van der Waals surface area (Å²) in [6.45, 7) is 0.280. The summed E-state index contributed by atoms with van der Waals surface area (Å²) < 4.78 is 1.73. The Hall–Kier alpha value is -4.65. The quantitative estimate of drug-likeness (QED) is 0.200. The third kappa shape index (κ3) is 6.49. The van der Waals surface area contributed by atoms with Gasteiger partial charge in [0, 0.05) is 17.1 Å². The van der Waals surface area contributed by atoms with Crippen LogP contribution >= 0.6 is 23.2 Å². The molecular weight excluding hydrogens is 543 g/mol. The van der Waals surface area contributed by atoms with E-state index in [1.54, 1.807) is 16.8 Å². The minimum absolute atomic E-state index is 0.0311. The normalized spacial score (nSPS) is 11.2. The second-order valence-electron chi connectivity index (χ2n) is 8.87. The zero-order valence-corrected chi connectivity index (χ0v) is 22.7. The highest BCUT2D eigenvalue weighted by molar-refractivity contribution is 6.36. The van der Waals surface area contributed by atoms with E-state index in [2.05, 4.69) is 10.6 Å². The van der Waals surface area contributed by atoms with Gasteiger partial charge in [-0.25, -0.2) is 4.68 Å². The van der Waals surface area contributed by atoms with Gasteiger partial charge in [0.05, 0.1) is 27.7 Å². The Bertz CT molecular complexity index is 1670. The molecule has 6 nitrogen and oxygen atoms in total. The van der Waals surface area contributed by atoms with Crippen LogP contribution in [0.1, 0.15) is 21.6 Å². The molecule has 5 rings (SSSR count). The average molecular weight is 567 g/mol. The fraction of sp³-hybridized carbons (Fsp3) is 0.0312. The van der Waals surface area contributed by atoms with Crippen molar-refractivity contribution in [2.24, 2.45) is 0 Å². The maximum Gasteiger partial charge on any atom is 0.268 e. The Kier molecular flexibility index (Phi) is 8.40. The van der Waals surface area contributed by atoms with Crippen molar-refractivity contribution in [3.8, 4) is 16.9 Å². The molecule has 0 atom stereocenters. The van der Waals surface area contributed by atoms with Crippen molar-refractivity contribution >= 4 is 41.1 Å². The fourth-order valence-electron chi connectivity index (χ4n) is 4.07. The topological polar surface area (TPSA) is 76.0 Å². The van der Waals surface area contributed by atoms with Crippen LogP contribution in [0.5, 0.6) is 0 Å². The van der Waals surface area contributed by atoms with Crippen molar-refractivity contribution in [3.05, 3.63) is 148 Å². The number of hydrogen-bond donors (Lipinski definition) is 2. The summed E-state index contributed by atoms with van der Waals surface area (Å²) in [5.41, 5.74) is 4.16. The molecule has 0 aliphatic rings. The molecule has 1 aromatic heterocycles. The Morgan fingerprint density at radius 1 is 0.800 bits per heavy atom. The van der Waals surface area contributed by atoms with E-state index < -0.39 is 11.8 Å². The van der Waals surface area contributed by atoms with Crippen molar-refractivity contribution < 1.29 is 9.59 Å². The molecule has 0 saturated heterocycles. The maximum atomic E-state index is 13.5. The molecule has 198 valence electrons. The third-order valence-corrected chi connectivity index (χ3v) is 6.61. The minimum atomic E-state index is -0.545. The van der Waals surface area contributed by atoms with Crippen molar-refractivity contribution in [2.75, 3.05) is 0 Å². The van der Waals surface area contributed by atoms with Gasteiger partial charge in [-0.3, -0.25) is 9.59 Å². The predicted octanol–water partition coefficient (Wildman–Crippen LogP) is 6.93. The molecule has 0 saturated carbocycles. The molecule has 0 aliphatic heterocycles. The maximum absolute atomic E-state index is 13.5. The van der Waals surface area contributed by atoms with Gasteiger partial charge in [-0.05, 0) is 48.0 Å². The third-order valence-electron chi connectivity index (χ3n) is 6.06. The molecule has 0 spiro atoms. The van der Waals surface area contributed by atoms with Crippen molar-refractivity contribution in [1.29, 1.82) is 0 Å². The van der Waals surface area contributed by atoms with E-state index in [1.807, 2.05) is 97.1 Å². The lowest BCUT2D eigenvalue weighted by atomic mass is 10.1. The van der Waals surface area contributed by atoms with Crippen LogP contribution in [0, 0.1) is 0 Å². The smallest absolute Gasteiger partial charge is 0.268 e. The Labute approximate surface area is 241 Å². The molecule has 0 fully saturated rings. The van der Waals surface area contributed by atoms with E-state index in [9.17, 15) is 9.59 Å². The van der Waals surface area contributed by atoms with Crippen molar-refractivity contribution in [2.45, 2.75) is 6.54 Å². The van der Waals surface area contributed by atoms with E-state index >= 15 is 0 Å². The van der Waals surface area contributed by atoms with Gasteiger partial charge in [-0.2, -0.15) is 5.10 Å². The molecule has 4 aromatic carbocycles. The van der Waals surface area contributed by atoms with Gasteiger partial charge < -0.3 is 10.6 Å². The van der Waals surface area contributed by atoms with Gasteiger partial charge in [0.25, 0.3) is 11.8 Å². The standard InChI is InChI=1S/C32H24Cl2N4O2/c33-24-16-17-27(28(34)18-24)31(39)36-30(32(40)35-21-22-10-4-1-5-11-22)20-26-19-29(23-12-6-2-7-13-23)37-38(26)25-14-8-3-9-15-25/h1-20H,21H2,(H,35,40)(H,36,39). The predicted molar refractivity (Wildman–Crippen MR) is 159 cm³/mol. The van der Waals surface area contributed by atoms with Crippen LogP contribution in [-0.4, -0.2) is 21.6 Å². The first-order valence-electron chi connectivity index (χ1n) is 12.5. The van der Waals surface area contributed by atoms with E-state index in [-0.39, 0.29) is 22.8 Å². The van der Waals surface area contributed by atoms with Gasteiger partial charge in [-0.15, -0.1) is 0 Å². The fourth-order valence-corrected chi connectivity index (χ4v) is 4.56. The van der Waals surface area contributed by atoms with Gasteiger partial charge in [0.2, 0.25) is 0 Å². The van der Waals surface area contributed by atoms with Gasteiger partial charge in [0.15, 0.2) is 0 Å². The van der Waals surface area contributed by atoms with Crippen LogP contribution < -0.4 is 10.6 Å². The Morgan fingerprint density at radius 2 is 1.45 bits per heavy atom. The number of carbonyl (C=O) groups excluding carboxylic acids is 2. The lowest BCUT2D eigenvalue weighted by molar-refractivity contribution is -0.117. The number of nitrogens with one attached hydrogen (secondary N) is 2. The monoisotopic (exact) mass is 566 g/mol. The van der Waals surface area contributed by atoms with Crippen LogP contribution in [0.2, 0.25) is 10.0 Å². The number of halogens is 2. The molecule has 0 unspecified atom stereocenters. The van der Waals surface area contributed by atoms with E-state index in [0.717, 1.165) is 16.8 Å². The van der Waals surface area contributed by atoms with E-state index in [0.29, 0.717) is 16.4 Å². The van der Waals surface area contributed by atoms with Gasteiger partial charge >= 0.3 is 0 Å². The first-order chi connectivity index (χ1) is 19.5. The van der Waals surface area contributed by atoms with Crippen LogP contribution in [-0.2, 0) is 11.3 Å². The van der Waals surface area contributed by atoms with E-state index in [1.165, 1.54) is 12.1 Å². The van der Waals surface area contributed by atoms with Crippen LogP contribution in [0.3, 0.4) is 0 Å². The number of nitrogens with zero attached hydrogens (tertiary/aromatic N) is 2. The highest BCUT2D eigenvalue weighted by atomic mass is 35.5. The molecule has 2 N–H and O–H groups in total. The minimum Gasteiger partial charge on any atom is -0.347 e. The summed E-state index contributed by atoms with van der Waals surface area (Å²) in [6, 6.07) is 35.2. The molecule has 5 aromatic rings. The first kappa shape index (κ1) is 26.9. The molecular formula is C32H24Cl2N4O2. The molecule has 8 heteroatoms. The summed E-state index contributed by atoms with van der Waals surface area (Å²) in [5.74, 6) is -1.01. The highest BCUT2D eigenvalue weighted by Gasteiger charge is 2.19. The number of hydrogen-bond acceptors (Lipinski definition) is 3. The van der Waals surface area contributed by atoms with Crippen molar-refractivity contribution in [1.82, 2.24) is 20.4 Å². The SMILES string of the molecule is O=C(NCc1ccccc1)C(=Cc1cc(-c2ccccc2)nn1-c1ccccc1)NC(=O)c1ccc(Cl)cc1Cl. The van der Waals surface area contributed by atoms with Crippen LogP contribution in [0.15, 0.2) is 121 Å². The second-order valence-corrected chi connectivity index (χ2v) is 9.72. The summed E-state index contributed by atoms with van der Waals surface area (Å²) in [4.78, 5) is 26.7. The summed E-state index contributed by atoms with van der Waals surface area (Å²) in [7, 11) is 0. The largest absolute Gasteiger partial charge is 0.347 e. The van der Waals surface area contributed by atoms with Crippen molar-refractivity contribution in [3.63, 3.8) is 0 Å². The Morgan fingerprint density at radius 3 is 2.12 bits per heavy atom. The average Bonchev–Trinajstić information content (AvgIpc) is 3.41. The zero-order chi connectivity index (χ0) is 27.9. The number of para-hydroxylation sites is 1. The molecule has 0 radical (unpaired) electrons. The second kappa shape index (κ2) is 12.5. The molecule has 40 heavy (non-hydrogen) atoms. The van der Waals surface area contributed by atoms with Gasteiger partial charge in [-0.1, -0.05) is 102 Å². The molecule has 0 aliphatic carbocycles. The number of aromatic nitrogens is 2. The number of carbonyl (C=O) groups is 2. The summed E-state index contributed by atoms with van der Waals surface area (Å²) >= 11 is 12.3. The number of rotatable bonds is 8. The van der Waals surface area contributed by atoms with E-state index in [4.69, 9.17) is 28.3 Å². The number of amides is 2. The first-order valence-corrected chi connectivity index (χ1v) is 13.2. The number of benzene rings is 4. The van der Waals surface area contributed by atoms with Crippen LogP contribution in [0.25, 0.3) is 23.0 Å². The zero-order valence-electron chi connectivity index (χ0n) is 21.2. The lowest BCUT2D eigenvalue weighted by Crippen LogP contribution is -2.34. The summed E-state index contributed by atoms with van der Waals surface area (Å²) in [6.07, 6.45) is 1.61. The molecule has 0 bridgehead atoms. The molecule has 2 amide bonds. The van der Waals surface area contributed by atoms with Crippen LogP contribution in [0.4, 0.5) is 0 Å².